The number of aromatic nitrogens is 2. The van der Waals surface area contributed by atoms with Gasteiger partial charge in [0.25, 0.3) is 0 Å². The number of H-pyrrole nitrogens is 1. The normalized spacial score (nSPS) is 15.4. The summed E-state index contributed by atoms with van der Waals surface area (Å²) in [5.41, 5.74) is 3.26. The molecule has 0 saturated carbocycles. The van der Waals surface area contributed by atoms with Crippen LogP contribution in [0.3, 0.4) is 0 Å². The van der Waals surface area contributed by atoms with Gasteiger partial charge in [-0.15, -0.1) is 0 Å². The van der Waals surface area contributed by atoms with Crippen molar-refractivity contribution >= 4 is 52.7 Å². The molecule has 202 valence electrons. The number of ether oxygens (including phenoxy) is 1. The molecule has 2 aromatic carbocycles. The number of fused-ring (bicyclic) bond motifs is 4. The summed E-state index contributed by atoms with van der Waals surface area (Å²) in [6.07, 6.45) is 6.03. The van der Waals surface area contributed by atoms with Gasteiger partial charge in [0.05, 0.1) is 30.7 Å². The van der Waals surface area contributed by atoms with Crippen LogP contribution in [0.25, 0.3) is 17.3 Å². The number of hydrogen-bond acceptors (Lipinski definition) is 6. The number of Topliss-reactive ketones (excluding diaryl/α,β-unsaturated/α-hetero) is 1. The number of ketones is 1. The third kappa shape index (κ3) is 7.11. The van der Waals surface area contributed by atoms with Crippen LogP contribution in [-0.4, -0.2) is 40.8 Å². The van der Waals surface area contributed by atoms with E-state index in [9.17, 15) is 19.2 Å². The SMILES string of the molecule is COC(=O)Nc1ccc2c(c1)NC(=O)CCCC[C@H](NC(=O)C=Cc1cc(Cl)ccc1C(C)=O)c1ncc-2[nH]1. The number of nitrogens with one attached hydrogen (secondary N) is 4. The molecule has 0 radical (unpaired) electrons. The number of carbonyl (C=O) groups is 4. The van der Waals surface area contributed by atoms with Crippen molar-refractivity contribution < 1.29 is 23.9 Å². The van der Waals surface area contributed by atoms with Gasteiger partial charge in [0.1, 0.15) is 5.82 Å². The lowest BCUT2D eigenvalue weighted by Crippen LogP contribution is -2.28. The van der Waals surface area contributed by atoms with Gasteiger partial charge in [-0.25, -0.2) is 9.78 Å². The maximum absolute atomic E-state index is 12.9. The highest BCUT2D eigenvalue weighted by Crippen LogP contribution is 2.32. The Hall–Kier alpha value is -4.44. The molecule has 3 amide bonds. The molecule has 3 aromatic rings. The first kappa shape index (κ1) is 27.6. The topological polar surface area (TPSA) is 142 Å². The molecule has 2 bridgehead atoms. The molecule has 2 heterocycles. The third-order valence-electron chi connectivity index (χ3n) is 6.21. The Morgan fingerprint density at radius 1 is 1.15 bits per heavy atom. The zero-order valence-electron chi connectivity index (χ0n) is 21.5. The van der Waals surface area contributed by atoms with E-state index in [2.05, 4.69) is 30.7 Å². The van der Waals surface area contributed by atoms with Crippen LogP contribution in [-0.2, 0) is 14.3 Å². The molecule has 11 heteroatoms. The van der Waals surface area contributed by atoms with Crippen molar-refractivity contribution in [2.24, 2.45) is 0 Å². The predicted molar refractivity (Wildman–Crippen MR) is 149 cm³/mol. The summed E-state index contributed by atoms with van der Waals surface area (Å²) in [6, 6.07) is 9.53. The summed E-state index contributed by atoms with van der Waals surface area (Å²) in [7, 11) is 1.27. The van der Waals surface area contributed by atoms with Crippen LogP contribution in [0.4, 0.5) is 16.2 Å². The van der Waals surface area contributed by atoms with Crippen LogP contribution < -0.4 is 16.0 Å². The van der Waals surface area contributed by atoms with E-state index in [4.69, 9.17) is 11.6 Å². The molecule has 1 aromatic heterocycles. The number of anilines is 2. The van der Waals surface area contributed by atoms with Gasteiger partial charge < -0.3 is 20.4 Å². The smallest absolute Gasteiger partial charge is 0.411 e. The third-order valence-corrected chi connectivity index (χ3v) is 6.45. The van der Waals surface area contributed by atoms with E-state index in [1.807, 2.05) is 0 Å². The number of benzene rings is 2. The van der Waals surface area contributed by atoms with Crippen LogP contribution in [0.1, 0.15) is 60.4 Å². The van der Waals surface area contributed by atoms with Gasteiger partial charge in [0.15, 0.2) is 5.78 Å². The fraction of sp³-hybridized carbons (Fsp3) is 0.250. The van der Waals surface area contributed by atoms with Crippen molar-refractivity contribution in [1.29, 1.82) is 0 Å². The zero-order valence-corrected chi connectivity index (χ0v) is 22.2. The number of carbonyl (C=O) groups excluding carboxylic acids is 4. The van der Waals surface area contributed by atoms with E-state index in [0.29, 0.717) is 63.9 Å². The molecule has 4 rings (SSSR count). The molecular formula is C28H28ClN5O5. The van der Waals surface area contributed by atoms with E-state index in [-0.39, 0.29) is 24.0 Å². The van der Waals surface area contributed by atoms with Crippen molar-refractivity contribution in [1.82, 2.24) is 15.3 Å². The van der Waals surface area contributed by atoms with Crippen LogP contribution in [0.5, 0.6) is 0 Å². The minimum absolute atomic E-state index is 0.133. The monoisotopic (exact) mass is 549 g/mol. The molecule has 0 fully saturated rings. The van der Waals surface area contributed by atoms with E-state index in [1.54, 1.807) is 48.7 Å². The number of halogens is 1. The first-order valence-corrected chi connectivity index (χ1v) is 12.7. The van der Waals surface area contributed by atoms with E-state index in [0.717, 1.165) is 0 Å². The first-order chi connectivity index (χ1) is 18.7. The Morgan fingerprint density at radius 3 is 2.74 bits per heavy atom. The number of amides is 3. The molecule has 0 saturated heterocycles. The quantitative estimate of drug-likeness (QED) is 0.245. The second-order valence-electron chi connectivity index (χ2n) is 9.04. The van der Waals surface area contributed by atoms with Gasteiger partial charge in [-0.05, 0) is 67.8 Å². The van der Waals surface area contributed by atoms with Gasteiger partial charge >= 0.3 is 6.09 Å². The van der Waals surface area contributed by atoms with Gasteiger partial charge in [-0.3, -0.25) is 19.7 Å². The van der Waals surface area contributed by atoms with Gasteiger partial charge in [0.2, 0.25) is 11.8 Å². The number of nitrogens with zero attached hydrogens (tertiary/aromatic N) is 1. The zero-order chi connectivity index (χ0) is 27.9. The second kappa shape index (κ2) is 12.4. The largest absolute Gasteiger partial charge is 0.453 e. The van der Waals surface area contributed by atoms with Crippen molar-refractivity contribution in [3.8, 4) is 11.3 Å². The number of hydrogen-bond donors (Lipinski definition) is 4. The van der Waals surface area contributed by atoms with Crippen LogP contribution in [0, 0.1) is 0 Å². The van der Waals surface area contributed by atoms with Crippen molar-refractivity contribution in [2.45, 2.75) is 38.6 Å². The fourth-order valence-electron chi connectivity index (χ4n) is 4.28. The Morgan fingerprint density at radius 2 is 1.97 bits per heavy atom. The summed E-state index contributed by atoms with van der Waals surface area (Å²) in [4.78, 5) is 56.9. The number of imidazole rings is 1. The van der Waals surface area contributed by atoms with Crippen molar-refractivity contribution in [2.75, 3.05) is 17.7 Å². The average Bonchev–Trinajstić information content (AvgIpc) is 3.38. The van der Waals surface area contributed by atoms with E-state index in [1.165, 1.54) is 20.1 Å². The minimum Gasteiger partial charge on any atom is -0.453 e. The highest BCUT2D eigenvalue weighted by Gasteiger charge is 2.20. The number of rotatable bonds is 5. The second-order valence-corrected chi connectivity index (χ2v) is 9.47. The number of methoxy groups -OCH3 is 1. The summed E-state index contributed by atoms with van der Waals surface area (Å²) in [5.74, 6) is -0.102. The van der Waals surface area contributed by atoms with E-state index >= 15 is 0 Å². The van der Waals surface area contributed by atoms with Crippen LogP contribution in [0.15, 0.2) is 48.7 Å². The minimum atomic E-state index is -0.626. The number of aromatic amines is 1. The fourth-order valence-corrected chi connectivity index (χ4v) is 4.46. The molecule has 1 atom stereocenters. The summed E-state index contributed by atoms with van der Waals surface area (Å²) < 4.78 is 4.65. The van der Waals surface area contributed by atoms with Crippen LogP contribution in [0.2, 0.25) is 5.02 Å². The first-order valence-electron chi connectivity index (χ1n) is 12.4. The Kier molecular flexibility index (Phi) is 8.77. The lowest BCUT2D eigenvalue weighted by atomic mass is 10.0. The highest BCUT2D eigenvalue weighted by atomic mass is 35.5. The summed E-state index contributed by atoms with van der Waals surface area (Å²) in [5, 5.41) is 8.93. The Bertz CT molecular complexity index is 1450. The van der Waals surface area contributed by atoms with Gasteiger partial charge in [-0.1, -0.05) is 18.0 Å². The maximum Gasteiger partial charge on any atom is 0.411 e. The molecular weight excluding hydrogens is 522 g/mol. The van der Waals surface area contributed by atoms with Gasteiger partial charge in [0, 0.05) is 34.3 Å². The molecule has 10 nitrogen and oxygen atoms in total. The molecule has 39 heavy (non-hydrogen) atoms. The maximum atomic E-state index is 12.9. The molecule has 0 unspecified atom stereocenters. The molecule has 0 spiro atoms. The highest BCUT2D eigenvalue weighted by molar-refractivity contribution is 6.31. The summed E-state index contributed by atoms with van der Waals surface area (Å²) >= 11 is 6.08. The lowest BCUT2D eigenvalue weighted by Gasteiger charge is -2.17. The molecule has 4 N–H and O–H groups in total. The average molecular weight is 550 g/mol. The van der Waals surface area contributed by atoms with E-state index < -0.39 is 12.1 Å². The molecule has 1 aliphatic heterocycles. The molecule has 1 aliphatic rings. The Labute approximate surface area is 230 Å². The summed E-state index contributed by atoms with van der Waals surface area (Å²) in [6.45, 7) is 1.45. The van der Waals surface area contributed by atoms with Gasteiger partial charge in [-0.2, -0.15) is 0 Å². The van der Waals surface area contributed by atoms with Crippen molar-refractivity contribution in [3.63, 3.8) is 0 Å². The van der Waals surface area contributed by atoms with Crippen molar-refractivity contribution in [3.05, 3.63) is 70.6 Å². The predicted octanol–water partition coefficient (Wildman–Crippen LogP) is 5.49. The van der Waals surface area contributed by atoms with Crippen LogP contribution >= 0.6 is 11.6 Å². The molecule has 0 aliphatic carbocycles. The lowest BCUT2D eigenvalue weighted by molar-refractivity contribution is -0.118. The Balaban J connectivity index is 1.59. The standard InChI is InChI=1S/C28H28ClN5O5/c1-16(35)20-10-8-18(29)13-17(20)7-12-26(37)32-22-5-3-4-6-25(36)33-23-14-19(31-28(38)39-2)9-11-21(23)24-15-30-27(22)34-24/h7-15,22H,3-6H2,1-2H3,(H,30,34)(H,31,38)(H,32,37)(H,33,36)/t22-/m0/s1.